The van der Waals surface area contributed by atoms with Gasteiger partial charge in [0.15, 0.2) is 0 Å². The average molecular weight is 149 g/mol. The van der Waals surface area contributed by atoms with Gasteiger partial charge < -0.3 is 0 Å². The minimum absolute atomic E-state index is 1.03. The molecule has 0 N–H and O–H groups in total. The molecule has 0 aromatic rings. The van der Waals surface area contributed by atoms with Gasteiger partial charge in [-0.3, -0.25) is 0 Å². The lowest BCUT2D eigenvalue weighted by Crippen LogP contribution is -2.24. The van der Waals surface area contributed by atoms with Crippen LogP contribution in [0.15, 0.2) is 0 Å². The highest BCUT2D eigenvalue weighted by molar-refractivity contribution is 7.07. The van der Waals surface area contributed by atoms with Crippen molar-refractivity contribution in [3.05, 3.63) is 0 Å². The normalized spacial score (nSPS) is 16.7. The van der Waals surface area contributed by atoms with Crippen LogP contribution in [0.1, 0.15) is 0 Å². The van der Waals surface area contributed by atoms with Crippen LogP contribution in [0, 0.1) is 0 Å². The molecule has 0 aliphatic rings. The second-order valence-corrected chi connectivity index (χ2v) is 5.01. The Balaban J connectivity index is 3.54. The van der Waals surface area contributed by atoms with Crippen LogP contribution in [0.25, 0.3) is 0 Å². The van der Waals surface area contributed by atoms with Crippen molar-refractivity contribution < 1.29 is 13.2 Å². The Morgan fingerprint density at radius 3 is 1.57 bits per heavy atom. The van der Waals surface area contributed by atoms with Crippen molar-refractivity contribution in [2.24, 2.45) is 0 Å². The standard InChI is InChI=1S/C2H4ClF3Si/c1-7(3)2(4,5)6/h7H,1H3. The quantitative estimate of drug-likeness (QED) is 0.362. The van der Waals surface area contributed by atoms with E-state index in [1.165, 1.54) is 0 Å². The summed E-state index contributed by atoms with van der Waals surface area (Å²) >= 11 is 4.77. The molecule has 0 radical (unpaired) electrons. The van der Waals surface area contributed by atoms with Crippen molar-refractivity contribution in [2.45, 2.75) is 12.3 Å². The van der Waals surface area contributed by atoms with E-state index in [0.29, 0.717) is 0 Å². The van der Waals surface area contributed by atoms with E-state index >= 15 is 0 Å². The number of halogens is 4. The second-order valence-electron chi connectivity index (χ2n) is 1.16. The van der Waals surface area contributed by atoms with Crippen LogP contribution in [-0.4, -0.2) is 13.9 Å². The number of hydrogen-bond donors (Lipinski definition) is 0. The molecule has 0 rings (SSSR count). The molecule has 0 saturated carbocycles. The van der Waals surface area contributed by atoms with E-state index in [0.717, 1.165) is 6.55 Å². The summed E-state index contributed by atoms with van der Waals surface area (Å²) < 4.78 is 33.3. The van der Waals surface area contributed by atoms with Gasteiger partial charge in [0.05, 0.1) is 0 Å². The Bertz CT molecular complexity index is 58.4. The summed E-state index contributed by atoms with van der Waals surface area (Å²) in [5.41, 5.74) is 0. The molecule has 0 nitrogen and oxygen atoms in total. The third-order valence-electron chi connectivity index (χ3n) is 0.451. The SMILES string of the molecule is C[SiH](Cl)C(F)(F)F. The second kappa shape index (κ2) is 2.04. The van der Waals surface area contributed by atoms with E-state index in [-0.39, 0.29) is 0 Å². The van der Waals surface area contributed by atoms with Crippen LogP contribution in [0.3, 0.4) is 0 Å². The third-order valence-corrected chi connectivity index (χ3v) is 2.10. The molecule has 0 aliphatic heterocycles. The molecule has 0 aromatic carbocycles. The highest BCUT2D eigenvalue weighted by atomic mass is 35.6. The molecular formula is C2H4ClF3Si. The largest absolute Gasteiger partial charge is 0.374 e. The molecule has 44 valence electrons. The van der Waals surface area contributed by atoms with Crippen molar-refractivity contribution in [2.75, 3.05) is 0 Å². The summed E-state index contributed by atoms with van der Waals surface area (Å²) in [5, 5.41) is 0. The van der Waals surface area contributed by atoms with Gasteiger partial charge in [-0.1, -0.05) is 6.55 Å². The molecule has 0 bridgehead atoms. The maximum absolute atomic E-state index is 11.1. The molecular weight excluding hydrogens is 145 g/mol. The van der Waals surface area contributed by atoms with Crippen LogP contribution in [0.2, 0.25) is 6.55 Å². The van der Waals surface area contributed by atoms with E-state index in [2.05, 4.69) is 0 Å². The maximum Gasteiger partial charge on any atom is 0.374 e. The molecule has 0 fully saturated rings. The average Bonchev–Trinajstić information content (AvgIpc) is 1.31. The fraction of sp³-hybridized carbons (Fsp3) is 1.00. The lowest BCUT2D eigenvalue weighted by atomic mass is 11.5. The Hall–Kier alpha value is 0.297. The molecule has 0 aliphatic carbocycles. The minimum Gasteiger partial charge on any atom is -0.175 e. The smallest absolute Gasteiger partial charge is 0.175 e. The highest BCUT2D eigenvalue weighted by Gasteiger charge is 2.35. The molecule has 1 unspecified atom stereocenters. The molecule has 0 heterocycles. The van der Waals surface area contributed by atoms with Gasteiger partial charge in [0.25, 0.3) is 8.11 Å². The van der Waals surface area contributed by atoms with E-state index < -0.39 is 13.9 Å². The molecule has 5 heteroatoms. The van der Waals surface area contributed by atoms with Gasteiger partial charge in [-0.25, -0.2) is 0 Å². The Morgan fingerprint density at radius 2 is 1.57 bits per heavy atom. The fourth-order valence-electron chi connectivity index (χ4n) is 0. The van der Waals surface area contributed by atoms with Gasteiger partial charge in [0.2, 0.25) is 0 Å². The van der Waals surface area contributed by atoms with Crippen molar-refractivity contribution in [1.29, 1.82) is 0 Å². The van der Waals surface area contributed by atoms with Crippen molar-refractivity contribution in [1.82, 2.24) is 0 Å². The van der Waals surface area contributed by atoms with Crippen LogP contribution in [-0.2, 0) is 0 Å². The van der Waals surface area contributed by atoms with Crippen molar-refractivity contribution >= 4 is 19.2 Å². The zero-order valence-electron chi connectivity index (χ0n) is 3.59. The first kappa shape index (κ1) is 7.30. The van der Waals surface area contributed by atoms with Gasteiger partial charge in [0, 0.05) is 0 Å². The summed E-state index contributed by atoms with van der Waals surface area (Å²) in [7, 11) is -2.89. The zero-order chi connectivity index (χ0) is 6.08. The summed E-state index contributed by atoms with van der Waals surface area (Å²) in [6.45, 7) is 1.03. The van der Waals surface area contributed by atoms with Gasteiger partial charge in [0.1, 0.15) is 0 Å². The van der Waals surface area contributed by atoms with Crippen LogP contribution in [0.4, 0.5) is 13.2 Å². The Labute approximate surface area is 45.6 Å². The predicted octanol–water partition coefficient (Wildman–Crippen LogP) is 1.68. The summed E-state index contributed by atoms with van der Waals surface area (Å²) in [6, 6.07) is 0. The van der Waals surface area contributed by atoms with E-state index in [1.54, 1.807) is 0 Å². The zero-order valence-corrected chi connectivity index (χ0v) is 5.50. The number of alkyl halides is 3. The monoisotopic (exact) mass is 148 g/mol. The summed E-state index contributed by atoms with van der Waals surface area (Å²) in [6.07, 6.45) is 0. The summed E-state index contributed by atoms with van der Waals surface area (Å²) in [5.74, 6) is -4.10. The first-order chi connectivity index (χ1) is 2.94. The molecule has 1 atom stereocenters. The lowest BCUT2D eigenvalue weighted by molar-refractivity contribution is -0.0483. The molecule has 0 amide bonds. The Morgan fingerprint density at radius 1 is 1.43 bits per heavy atom. The maximum atomic E-state index is 11.1. The van der Waals surface area contributed by atoms with Gasteiger partial charge >= 0.3 is 5.80 Å². The first-order valence-corrected chi connectivity index (χ1v) is 5.13. The predicted molar refractivity (Wildman–Crippen MR) is 24.9 cm³/mol. The number of hydrogen-bond acceptors (Lipinski definition) is 0. The van der Waals surface area contributed by atoms with E-state index in [1.807, 2.05) is 0 Å². The van der Waals surface area contributed by atoms with Crippen LogP contribution >= 0.6 is 11.1 Å². The van der Waals surface area contributed by atoms with E-state index in [4.69, 9.17) is 11.1 Å². The first-order valence-electron chi connectivity index (χ1n) is 1.65. The highest BCUT2D eigenvalue weighted by Crippen LogP contribution is 2.20. The number of rotatable bonds is 0. The molecule has 7 heavy (non-hydrogen) atoms. The van der Waals surface area contributed by atoms with Crippen molar-refractivity contribution in [3.8, 4) is 0 Å². The fourth-order valence-corrected chi connectivity index (χ4v) is 0. The Kier molecular flexibility index (Phi) is 2.13. The van der Waals surface area contributed by atoms with E-state index in [9.17, 15) is 13.2 Å². The van der Waals surface area contributed by atoms with Gasteiger partial charge in [-0.2, -0.15) is 24.3 Å². The summed E-state index contributed by atoms with van der Waals surface area (Å²) in [4.78, 5) is 0. The minimum atomic E-state index is -4.10. The van der Waals surface area contributed by atoms with Gasteiger partial charge in [-0.15, -0.1) is 0 Å². The third kappa shape index (κ3) is 2.93. The van der Waals surface area contributed by atoms with Crippen LogP contribution in [0.5, 0.6) is 0 Å². The van der Waals surface area contributed by atoms with Crippen molar-refractivity contribution in [3.63, 3.8) is 0 Å². The van der Waals surface area contributed by atoms with Crippen LogP contribution < -0.4 is 0 Å². The topological polar surface area (TPSA) is 0 Å². The lowest BCUT2D eigenvalue weighted by Gasteiger charge is -2.03. The molecule has 0 saturated heterocycles. The van der Waals surface area contributed by atoms with Gasteiger partial charge in [-0.05, 0) is 0 Å². The molecule has 0 aromatic heterocycles. The molecule has 0 spiro atoms.